The second-order valence-electron chi connectivity index (χ2n) is 6.77. The zero-order chi connectivity index (χ0) is 19.0. The summed E-state index contributed by atoms with van der Waals surface area (Å²) in [5.74, 6) is 0.699. The molecule has 1 N–H and O–H groups in total. The van der Waals surface area contributed by atoms with Crippen LogP contribution in [0, 0.1) is 13.8 Å². The molecule has 138 valence electrons. The fraction of sp³-hybridized carbons (Fsp3) is 0.238. The number of ether oxygens (including phenoxy) is 1. The quantitative estimate of drug-likeness (QED) is 0.592. The summed E-state index contributed by atoms with van der Waals surface area (Å²) in [4.78, 5) is 13.0. The van der Waals surface area contributed by atoms with Crippen molar-refractivity contribution in [3.63, 3.8) is 0 Å². The van der Waals surface area contributed by atoms with Crippen molar-refractivity contribution in [1.29, 1.82) is 0 Å². The number of hydrogen-bond acceptors (Lipinski definition) is 4. The van der Waals surface area contributed by atoms with Crippen LogP contribution in [0.2, 0.25) is 0 Å². The second kappa shape index (κ2) is 6.89. The van der Waals surface area contributed by atoms with Crippen molar-refractivity contribution < 1.29 is 9.84 Å². The fourth-order valence-corrected chi connectivity index (χ4v) is 3.28. The number of aryl methyl sites for hydroxylation is 2. The van der Waals surface area contributed by atoms with Crippen LogP contribution in [0.15, 0.2) is 59.4 Å². The predicted octanol–water partition coefficient (Wildman–Crippen LogP) is 2.71. The van der Waals surface area contributed by atoms with Crippen LogP contribution >= 0.6 is 0 Å². The molecule has 1 unspecified atom stereocenters. The average Bonchev–Trinajstić information content (AvgIpc) is 3.05. The number of aliphatic hydroxyl groups is 1. The maximum Gasteiger partial charge on any atom is 0.261 e. The van der Waals surface area contributed by atoms with Gasteiger partial charge in [-0.1, -0.05) is 24.3 Å². The molecule has 2 aromatic heterocycles. The van der Waals surface area contributed by atoms with E-state index in [-0.39, 0.29) is 18.7 Å². The van der Waals surface area contributed by atoms with Gasteiger partial charge in [-0.3, -0.25) is 9.36 Å². The van der Waals surface area contributed by atoms with Crippen LogP contribution in [0.3, 0.4) is 0 Å². The Morgan fingerprint density at radius 1 is 1.11 bits per heavy atom. The van der Waals surface area contributed by atoms with E-state index < -0.39 is 6.10 Å². The first-order chi connectivity index (χ1) is 13.0. The Morgan fingerprint density at radius 3 is 2.74 bits per heavy atom. The molecule has 4 rings (SSSR count). The molecule has 0 saturated carbocycles. The second-order valence-corrected chi connectivity index (χ2v) is 6.77. The van der Waals surface area contributed by atoms with Gasteiger partial charge in [-0.2, -0.15) is 5.10 Å². The molecule has 4 aromatic rings. The zero-order valence-corrected chi connectivity index (χ0v) is 15.3. The third-order valence-electron chi connectivity index (χ3n) is 4.52. The summed E-state index contributed by atoms with van der Waals surface area (Å²) in [6.45, 7) is 4.09. The maximum atomic E-state index is 13.0. The van der Waals surface area contributed by atoms with Crippen molar-refractivity contribution in [2.45, 2.75) is 26.5 Å². The van der Waals surface area contributed by atoms with Crippen molar-refractivity contribution in [3.8, 4) is 5.75 Å². The van der Waals surface area contributed by atoms with Gasteiger partial charge in [0.1, 0.15) is 24.1 Å². The molecule has 0 aliphatic carbocycles. The summed E-state index contributed by atoms with van der Waals surface area (Å²) in [7, 11) is 0. The summed E-state index contributed by atoms with van der Waals surface area (Å²) in [6, 6.07) is 16.9. The lowest BCUT2D eigenvalue weighted by Gasteiger charge is -2.16. The van der Waals surface area contributed by atoms with Crippen LogP contribution in [-0.4, -0.2) is 32.0 Å². The van der Waals surface area contributed by atoms with E-state index in [4.69, 9.17) is 4.74 Å². The Bertz CT molecular complexity index is 1180. The molecule has 2 heterocycles. The van der Waals surface area contributed by atoms with E-state index in [0.29, 0.717) is 16.8 Å². The molecular formula is C21H21N3O3. The van der Waals surface area contributed by atoms with Gasteiger partial charge < -0.3 is 9.84 Å². The number of hydrogen-bond donors (Lipinski definition) is 1. The number of aromatic nitrogens is 3. The Labute approximate surface area is 156 Å². The minimum atomic E-state index is -0.830. The Balaban J connectivity index is 1.66. The number of para-hydroxylation sites is 1. The van der Waals surface area contributed by atoms with Crippen molar-refractivity contribution in [2.75, 3.05) is 6.61 Å². The van der Waals surface area contributed by atoms with E-state index in [1.165, 1.54) is 0 Å². The summed E-state index contributed by atoms with van der Waals surface area (Å²) in [5, 5.41) is 15.5. The van der Waals surface area contributed by atoms with E-state index >= 15 is 0 Å². The smallest absolute Gasteiger partial charge is 0.261 e. The zero-order valence-electron chi connectivity index (χ0n) is 15.3. The highest BCUT2D eigenvalue weighted by molar-refractivity contribution is 5.80. The monoisotopic (exact) mass is 363 g/mol. The minimum Gasteiger partial charge on any atom is -0.491 e. The number of benzene rings is 2. The Hall–Kier alpha value is -3.12. The number of fused-ring (bicyclic) bond motifs is 3. The molecule has 1 atom stereocenters. The summed E-state index contributed by atoms with van der Waals surface area (Å²) < 4.78 is 8.99. The molecular weight excluding hydrogens is 342 g/mol. The van der Waals surface area contributed by atoms with Crippen LogP contribution < -0.4 is 10.3 Å². The maximum absolute atomic E-state index is 13.0. The minimum absolute atomic E-state index is 0.0992. The van der Waals surface area contributed by atoms with Gasteiger partial charge in [0.2, 0.25) is 0 Å². The van der Waals surface area contributed by atoms with Crippen molar-refractivity contribution >= 4 is 16.6 Å². The van der Waals surface area contributed by atoms with Gasteiger partial charge in [0, 0.05) is 6.07 Å². The highest BCUT2D eigenvalue weighted by atomic mass is 16.5. The number of aliphatic hydroxyl groups excluding tert-OH is 1. The molecule has 6 heteroatoms. The Kier molecular flexibility index (Phi) is 4.41. The highest BCUT2D eigenvalue weighted by Crippen LogP contribution is 2.16. The SMILES string of the molecule is Cc1cccc(OCC(O)Cn2c(=O)c3ccccc3n3nc(C)cc23)c1. The molecule has 6 nitrogen and oxygen atoms in total. The molecule has 0 saturated heterocycles. The van der Waals surface area contributed by atoms with Gasteiger partial charge in [-0.15, -0.1) is 0 Å². The Morgan fingerprint density at radius 2 is 1.93 bits per heavy atom. The molecule has 0 radical (unpaired) electrons. The topological polar surface area (TPSA) is 68.8 Å². The van der Waals surface area contributed by atoms with Gasteiger partial charge in [-0.05, 0) is 43.7 Å². The molecule has 0 aliphatic heterocycles. The van der Waals surface area contributed by atoms with Crippen LogP contribution in [0.1, 0.15) is 11.3 Å². The molecule has 0 fully saturated rings. The lowest BCUT2D eigenvalue weighted by atomic mass is 10.2. The van der Waals surface area contributed by atoms with E-state index in [2.05, 4.69) is 5.10 Å². The fourth-order valence-electron chi connectivity index (χ4n) is 3.28. The largest absolute Gasteiger partial charge is 0.491 e. The molecule has 27 heavy (non-hydrogen) atoms. The van der Waals surface area contributed by atoms with Crippen molar-refractivity contribution in [2.24, 2.45) is 0 Å². The van der Waals surface area contributed by atoms with Crippen LogP contribution in [0.25, 0.3) is 16.6 Å². The molecule has 0 amide bonds. The summed E-state index contributed by atoms with van der Waals surface area (Å²) in [5.41, 5.74) is 3.17. The van der Waals surface area contributed by atoms with Gasteiger partial charge >= 0.3 is 0 Å². The lowest BCUT2D eigenvalue weighted by molar-refractivity contribution is 0.0925. The molecule has 2 aromatic carbocycles. The van der Waals surface area contributed by atoms with Crippen molar-refractivity contribution in [1.82, 2.24) is 14.2 Å². The van der Waals surface area contributed by atoms with Gasteiger partial charge in [0.25, 0.3) is 5.56 Å². The highest BCUT2D eigenvalue weighted by Gasteiger charge is 2.16. The van der Waals surface area contributed by atoms with Gasteiger partial charge in [0.15, 0.2) is 0 Å². The third kappa shape index (κ3) is 3.31. The van der Waals surface area contributed by atoms with Crippen LogP contribution in [-0.2, 0) is 6.54 Å². The van der Waals surface area contributed by atoms with E-state index in [0.717, 1.165) is 16.8 Å². The standard InChI is InChI=1S/C21H21N3O3/c1-14-6-5-7-17(10-14)27-13-16(25)12-23-20-11-15(2)22-24(20)19-9-4-3-8-18(19)21(23)26/h3-11,16,25H,12-13H2,1-2H3. The third-order valence-corrected chi connectivity index (χ3v) is 4.52. The number of nitrogens with zero attached hydrogens (tertiary/aromatic N) is 3. The first kappa shape index (κ1) is 17.3. The van der Waals surface area contributed by atoms with Crippen LogP contribution in [0.4, 0.5) is 0 Å². The predicted molar refractivity (Wildman–Crippen MR) is 104 cm³/mol. The average molecular weight is 363 g/mol. The van der Waals surface area contributed by atoms with E-state index in [1.807, 2.05) is 62.4 Å². The first-order valence-electron chi connectivity index (χ1n) is 8.88. The van der Waals surface area contributed by atoms with Crippen molar-refractivity contribution in [3.05, 3.63) is 76.2 Å². The molecule has 0 spiro atoms. The van der Waals surface area contributed by atoms with Crippen LogP contribution in [0.5, 0.6) is 5.75 Å². The van der Waals surface area contributed by atoms with E-state index in [9.17, 15) is 9.90 Å². The summed E-state index contributed by atoms with van der Waals surface area (Å²) in [6.07, 6.45) is -0.830. The summed E-state index contributed by atoms with van der Waals surface area (Å²) >= 11 is 0. The van der Waals surface area contributed by atoms with E-state index in [1.54, 1.807) is 15.1 Å². The molecule has 0 bridgehead atoms. The number of rotatable bonds is 5. The van der Waals surface area contributed by atoms with Gasteiger partial charge in [0.05, 0.1) is 23.1 Å². The lowest BCUT2D eigenvalue weighted by Crippen LogP contribution is -2.31. The van der Waals surface area contributed by atoms with Gasteiger partial charge in [-0.25, -0.2) is 4.52 Å². The first-order valence-corrected chi connectivity index (χ1v) is 8.88. The molecule has 0 aliphatic rings. The normalized spacial score (nSPS) is 12.6.